The Morgan fingerprint density at radius 1 is 1.33 bits per heavy atom. The van der Waals surface area contributed by atoms with Gasteiger partial charge in [0.05, 0.1) is 5.56 Å². The molecular weight excluding hydrogens is 297 g/mol. The van der Waals surface area contributed by atoms with Crippen LogP contribution in [0.2, 0.25) is 0 Å². The predicted octanol–water partition coefficient (Wildman–Crippen LogP) is 4.21. The molecule has 0 radical (unpaired) electrons. The number of hydrogen-bond donors (Lipinski definition) is 1. The fraction of sp³-hybridized carbons (Fsp3) is 0.500. The SMILES string of the molecule is CCCCCCNC(=O)c1c(F)ccc(Br)c1C. The second-order valence-electron chi connectivity index (χ2n) is 4.35. The summed E-state index contributed by atoms with van der Waals surface area (Å²) in [7, 11) is 0. The first-order valence-electron chi connectivity index (χ1n) is 6.30. The summed E-state index contributed by atoms with van der Waals surface area (Å²) in [5.41, 5.74) is 0.779. The quantitative estimate of drug-likeness (QED) is 0.783. The van der Waals surface area contributed by atoms with Gasteiger partial charge in [0.1, 0.15) is 5.82 Å². The number of amides is 1. The summed E-state index contributed by atoms with van der Waals surface area (Å²) in [4.78, 5) is 11.9. The second-order valence-corrected chi connectivity index (χ2v) is 5.20. The van der Waals surface area contributed by atoms with Crippen molar-refractivity contribution in [1.82, 2.24) is 5.32 Å². The molecule has 0 spiro atoms. The number of unbranched alkanes of at least 4 members (excludes halogenated alkanes) is 3. The lowest BCUT2D eigenvalue weighted by atomic mass is 10.1. The Labute approximate surface area is 116 Å². The summed E-state index contributed by atoms with van der Waals surface area (Å²) in [6, 6.07) is 2.92. The number of carbonyl (C=O) groups excluding carboxylic acids is 1. The average Bonchev–Trinajstić information content (AvgIpc) is 2.34. The lowest BCUT2D eigenvalue weighted by molar-refractivity contribution is 0.0948. The molecule has 1 N–H and O–H groups in total. The molecule has 100 valence electrons. The normalized spacial score (nSPS) is 10.4. The van der Waals surface area contributed by atoms with Crippen LogP contribution in [0.1, 0.15) is 48.5 Å². The summed E-state index contributed by atoms with van der Waals surface area (Å²) < 4.78 is 14.4. The van der Waals surface area contributed by atoms with Gasteiger partial charge in [-0.05, 0) is 31.0 Å². The van der Waals surface area contributed by atoms with Gasteiger partial charge >= 0.3 is 0 Å². The van der Waals surface area contributed by atoms with Crippen molar-refractivity contribution in [3.05, 3.63) is 33.5 Å². The molecule has 0 aliphatic heterocycles. The van der Waals surface area contributed by atoms with Crippen molar-refractivity contribution in [1.29, 1.82) is 0 Å². The summed E-state index contributed by atoms with van der Waals surface area (Å²) in [6.45, 7) is 4.47. The predicted molar refractivity (Wildman–Crippen MR) is 75.3 cm³/mol. The molecule has 0 aromatic heterocycles. The molecule has 0 saturated carbocycles. The molecule has 0 aliphatic rings. The Morgan fingerprint density at radius 2 is 2.06 bits per heavy atom. The van der Waals surface area contributed by atoms with Gasteiger partial charge in [0.2, 0.25) is 0 Å². The second kappa shape index (κ2) is 7.52. The van der Waals surface area contributed by atoms with Crippen molar-refractivity contribution in [2.24, 2.45) is 0 Å². The molecule has 1 aromatic carbocycles. The summed E-state index contributed by atoms with van der Waals surface area (Å²) in [5.74, 6) is -0.801. The number of nitrogens with one attached hydrogen (secondary N) is 1. The molecule has 1 amide bonds. The van der Waals surface area contributed by atoms with Crippen LogP contribution in [0, 0.1) is 12.7 Å². The minimum absolute atomic E-state index is 0.139. The standard InChI is InChI=1S/C14H19BrFNO/c1-3-4-5-6-9-17-14(18)13-10(2)11(15)7-8-12(13)16/h7-8H,3-6,9H2,1-2H3,(H,17,18). The smallest absolute Gasteiger partial charge is 0.254 e. The third kappa shape index (κ3) is 4.09. The lowest BCUT2D eigenvalue weighted by Crippen LogP contribution is -2.26. The van der Waals surface area contributed by atoms with E-state index < -0.39 is 5.82 Å². The zero-order chi connectivity index (χ0) is 13.5. The Hall–Kier alpha value is -0.900. The van der Waals surface area contributed by atoms with Gasteiger partial charge in [-0.3, -0.25) is 4.79 Å². The van der Waals surface area contributed by atoms with Crippen molar-refractivity contribution >= 4 is 21.8 Å². The maximum absolute atomic E-state index is 13.6. The highest BCUT2D eigenvalue weighted by molar-refractivity contribution is 9.10. The first-order valence-corrected chi connectivity index (χ1v) is 7.10. The van der Waals surface area contributed by atoms with Crippen LogP contribution in [0.15, 0.2) is 16.6 Å². The maximum Gasteiger partial charge on any atom is 0.254 e. The number of carbonyl (C=O) groups is 1. The fourth-order valence-electron chi connectivity index (χ4n) is 1.77. The molecule has 1 rings (SSSR count). The van der Waals surface area contributed by atoms with Gasteiger partial charge in [-0.1, -0.05) is 42.1 Å². The van der Waals surface area contributed by atoms with Gasteiger partial charge in [0.15, 0.2) is 0 Å². The van der Waals surface area contributed by atoms with E-state index in [4.69, 9.17) is 0 Å². The molecule has 4 heteroatoms. The van der Waals surface area contributed by atoms with E-state index in [-0.39, 0.29) is 11.5 Å². The zero-order valence-electron chi connectivity index (χ0n) is 10.9. The van der Waals surface area contributed by atoms with E-state index in [1.165, 1.54) is 12.5 Å². The van der Waals surface area contributed by atoms with Crippen molar-refractivity contribution < 1.29 is 9.18 Å². The number of hydrogen-bond acceptors (Lipinski definition) is 1. The highest BCUT2D eigenvalue weighted by Gasteiger charge is 2.15. The molecule has 0 bridgehead atoms. The molecule has 0 atom stereocenters. The molecule has 2 nitrogen and oxygen atoms in total. The highest BCUT2D eigenvalue weighted by Crippen LogP contribution is 2.22. The van der Waals surface area contributed by atoms with Crippen molar-refractivity contribution in [3.63, 3.8) is 0 Å². The van der Waals surface area contributed by atoms with Gasteiger partial charge in [0, 0.05) is 11.0 Å². The van der Waals surface area contributed by atoms with Gasteiger partial charge in [0.25, 0.3) is 5.91 Å². The monoisotopic (exact) mass is 315 g/mol. The number of benzene rings is 1. The topological polar surface area (TPSA) is 29.1 Å². The first-order chi connectivity index (χ1) is 8.57. The Bertz CT molecular complexity index is 421. The van der Waals surface area contributed by atoms with Crippen LogP contribution < -0.4 is 5.32 Å². The van der Waals surface area contributed by atoms with Crippen LogP contribution in [0.4, 0.5) is 4.39 Å². The minimum atomic E-state index is -0.471. The Balaban J connectivity index is 2.59. The molecular formula is C14H19BrFNO. The van der Waals surface area contributed by atoms with E-state index in [1.54, 1.807) is 13.0 Å². The van der Waals surface area contributed by atoms with E-state index in [2.05, 4.69) is 28.2 Å². The van der Waals surface area contributed by atoms with Gasteiger partial charge in [-0.2, -0.15) is 0 Å². The van der Waals surface area contributed by atoms with E-state index >= 15 is 0 Å². The largest absolute Gasteiger partial charge is 0.352 e. The van der Waals surface area contributed by atoms with Gasteiger partial charge in [-0.15, -0.1) is 0 Å². The van der Waals surface area contributed by atoms with Crippen LogP contribution in [0.5, 0.6) is 0 Å². The molecule has 0 aliphatic carbocycles. The van der Waals surface area contributed by atoms with Crippen molar-refractivity contribution in [2.45, 2.75) is 39.5 Å². The van der Waals surface area contributed by atoms with Crippen LogP contribution in [-0.2, 0) is 0 Å². The first kappa shape index (κ1) is 15.2. The van der Waals surface area contributed by atoms with E-state index in [0.29, 0.717) is 12.1 Å². The minimum Gasteiger partial charge on any atom is -0.352 e. The van der Waals surface area contributed by atoms with E-state index in [1.807, 2.05) is 0 Å². The van der Waals surface area contributed by atoms with Crippen LogP contribution in [0.3, 0.4) is 0 Å². The Kier molecular flexibility index (Phi) is 6.33. The lowest BCUT2D eigenvalue weighted by Gasteiger charge is -2.10. The third-order valence-electron chi connectivity index (χ3n) is 2.89. The van der Waals surface area contributed by atoms with Gasteiger partial charge in [-0.25, -0.2) is 4.39 Å². The summed E-state index contributed by atoms with van der Waals surface area (Å²) in [6.07, 6.45) is 4.36. The summed E-state index contributed by atoms with van der Waals surface area (Å²) >= 11 is 3.30. The van der Waals surface area contributed by atoms with Crippen LogP contribution in [0.25, 0.3) is 0 Å². The van der Waals surface area contributed by atoms with Gasteiger partial charge < -0.3 is 5.32 Å². The molecule has 1 aromatic rings. The highest BCUT2D eigenvalue weighted by atomic mass is 79.9. The third-order valence-corrected chi connectivity index (χ3v) is 3.75. The average molecular weight is 316 g/mol. The zero-order valence-corrected chi connectivity index (χ0v) is 12.4. The fourth-order valence-corrected chi connectivity index (χ4v) is 2.10. The van der Waals surface area contributed by atoms with Crippen molar-refractivity contribution in [3.8, 4) is 0 Å². The van der Waals surface area contributed by atoms with Crippen LogP contribution in [-0.4, -0.2) is 12.5 Å². The van der Waals surface area contributed by atoms with Crippen LogP contribution >= 0.6 is 15.9 Å². The van der Waals surface area contributed by atoms with Crippen molar-refractivity contribution in [2.75, 3.05) is 6.54 Å². The Morgan fingerprint density at radius 3 is 2.72 bits per heavy atom. The summed E-state index contributed by atoms with van der Waals surface area (Å²) in [5, 5.41) is 2.77. The molecule has 0 heterocycles. The number of rotatable bonds is 6. The van der Waals surface area contributed by atoms with E-state index in [9.17, 15) is 9.18 Å². The van der Waals surface area contributed by atoms with E-state index in [0.717, 1.165) is 23.7 Å². The molecule has 18 heavy (non-hydrogen) atoms. The molecule has 0 unspecified atom stereocenters. The maximum atomic E-state index is 13.6. The molecule has 0 saturated heterocycles. The number of halogens is 2. The molecule has 0 fully saturated rings.